The lowest BCUT2D eigenvalue weighted by Crippen LogP contribution is -2.38. The zero-order chi connectivity index (χ0) is 12.6. The number of aromatic amines is 1. The summed E-state index contributed by atoms with van der Waals surface area (Å²) in [5.74, 6) is -0.0338. The second kappa shape index (κ2) is 4.32. The highest BCUT2D eigenvalue weighted by Gasteiger charge is 2.35. The first-order chi connectivity index (χ1) is 8.02. The summed E-state index contributed by atoms with van der Waals surface area (Å²) >= 11 is 0. The van der Waals surface area contributed by atoms with Crippen molar-refractivity contribution >= 4 is 5.82 Å². The summed E-state index contributed by atoms with van der Waals surface area (Å²) in [6.45, 7) is -0.376. The second-order valence-electron chi connectivity index (χ2n) is 3.85. The Morgan fingerprint density at radius 2 is 2.29 bits per heavy atom. The van der Waals surface area contributed by atoms with E-state index in [9.17, 15) is 14.7 Å². The van der Waals surface area contributed by atoms with E-state index in [2.05, 4.69) is 4.98 Å². The molecule has 0 unspecified atom stereocenters. The Morgan fingerprint density at radius 3 is 2.82 bits per heavy atom. The fourth-order valence-corrected chi connectivity index (χ4v) is 1.83. The van der Waals surface area contributed by atoms with Gasteiger partial charge in [-0.2, -0.15) is 0 Å². The minimum Gasteiger partial charge on any atom is -0.394 e. The quantitative estimate of drug-likeness (QED) is 0.464. The van der Waals surface area contributed by atoms with Crippen molar-refractivity contribution < 1.29 is 14.9 Å². The Hall–Kier alpha value is -1.64. The van der Waals surface area contributed by atoms with Crippen molar-refractivity contribution in [3.8, 4) is 0 Å². The van der Waals surface area contributed by atoms with Gasteiger partial charge in [0.1, 0.15) is 18.1 Å². The molecule has 5 N–H and O–H groups in total. The normalized spacial score (nSPS) is 28.5. The van der Waals surface area contributed by atoms with E-state index in [1.165, 1.54) is 0 Å². The fourth-order valence-electron chi connectivity index (χ4n) is 1.83. The van der Waals surface area contributed by atoms with Crippen LogP contribution in [0.3, 0.4) is 0 Å². The lowest BCUT2D eigenvalue weighted by Gasteiger charge is -2.13. The minimum atomic E-state index is -0.908. The van der Waals surface area contributed by atoms with Crippen LogP contribution in [0.15, 0.2) is 15.7 Å². The molecule has 1 aliphatic rings. The maximum atomic E-state index is 11.6. The van der Waals surface area contributed by atoms with Crippen LogP contribution >= 0.6 is 0 Å². The number of nitrogen functional groups attached to an aromatic ring is 1. The van der Waals surface area contributed by atoms with Crippen molar-refractivity contribution in [2.24, 2.45) is 0 Å². The molecule has 1 fully saturated rings. The van der Waals surface area contributed by atoms with Crippen LogP contribution in [-0.2, 0) is 4.74 Å². The second-order valence-corrected chi connectivity index (χ2v) is 3.85. The SMILES string of the molecule is Nc1cc(=O)n([C@H]2C[C@H](O)[C@@H](CO)O2)c(=O)[nH]1. The molecule has 0 radical (unpaired) electrons. The fraction of sp³-hybridized carbons (Fsp3) is 0.556. The van der Waals surface area contributed by atoms with Crippen LogP contribution in [0.2, 0.25) is 0 Å². The van der Waals surface area contributed by atoms with E-state index < -0.39 is 29.7 Å². The first-order valence-corrected chi connectivity index (χ1v) is 5.08. The lowest BCUT2D eigenvalue weighted by molar-refractivity contribution is -0.0468. The molecule has 0 aliphatic carbocycles. The molecule has 1 aliphatic heterocycles. The number of rotatable bonds is 2. The highest BCUT2D eigenvalue weighted by molar-refractivity contribution is 5.23. The van der Waals surface area contributed by atoms with E-state index in [0.29, 0.717) is 0 Å². The van der Waals surface area contributed by atoms with Crippen LogP contribution in [0.1, 0.15) is 12.6 Å². The van der Waals surface area contributed by atoms with Crippen LogP contribution in [0, 0.1) is 0 Å². The monoisotopic (exact) mass is 243 g/mol. The highest BCUT2D eigenvalue weighted by Crippen LogP contribution is 2.26. The van der Waals surface area contributed by atoms with E-state index in [4.69, 9.17) is 15.6 Å². The van der Waals surface area contributed by atoms with Crippen molar-refractivity contribution in [3.63, 3.8) is 0 Å². The van der Waals surface area contributed by atoms with Gasteiger partial charge < -0.3 is 20.7 Å². The first-order valence-electron chi connectivity index (χ1n) is 5.08. The van der Waals surface area contributed by atoms with Crippen molar-refractivity contribution in [1.29, 1.82) is 0 Å². The van der Waals surface area contributed by atoms with E-state index in [1.54, 1.807) is 0 Å². The zero-order valence-electron chi connectivity index (χ0n) is 8.87. The van der Waals surface area contributed by atoms with Gasteiger partial charge in [-0.1, -0.05) is 0 Å². The molecule has 8 heteroatoms. The molecule has 0 bridgehead atoms. The van der Waals surface area contributed by atoms with Crippen molar-refractivity contribution in [3.05, 3.63) is 26.9 Å². The molecule has 17 heavy (non-hydrogen) atoms. The molecule has 0 saturated carbocycles. The Morgan fingerprint density at radius 1 is 1.59 bits per heavy atom. The van der Waals surface area contributed by atoms with Crippen molar-refractivity contribution in [2.75, 3.05) is 12.3 Å². The largest absolute Gasteiger partial charge is 0.394 e. The number of hydrogen-bond acceptors (Lipinski definition) is 6. The molecule has 0 aromatic carbocycles. The molecule has 2 rings (SSSR count). The Labute approximate surface area is 95.3 Å². The van der Waals surface area contributed by atoms with Gasteiger partial charge in [-0.05, 0) is 0 Å². The molecule has 1 aromatic heterocycles. The summed E-state index contributed by atoms with van der Waals surface area (Å²) in [6, 6.07) is 1.06. The number of aliphatic hydroxyl groups is 2. The number of aromatic nitrogens is 2. The smallest absolute Gasteiger partial charge is 0.332 e. The van der Waals surface area contributed by atoms with Crippen LogP contribution in [0.25, 0.3) is 0 Å². The number of ether oxygens (including phenoxy) is 1. The van der Waals surface area contributed by atoms with Crippen LogP contribution in [0.4, 0.5) is 5.82 Å². The molecular formula is C9H13N3O5. The van der Waals surface area contributed by atoms with E-state index in [0.717, 1.165) is 10.6 Å². The Balaban J connectivity index is 2.37. The first kappa shape index (κ1) is 11.8. The number of H-pyrrole nitrogens is 1. The van der Waals surface area contributed by atoms with Gasteiger partial charge in [0.2, 0.25) is 0 Å². The van der Waals surface area contributed by atoms with E-state index >= 15 is 0 Å². The average molecular weight is 243 g/mol. The Kier molecular flexibility index (Phi) is 3.01. The molecule has 1 aromatic rings. The van der Waals surface area contributed by atoms with Gasteiger partial charge in [0, 0.05) is 12.5 Å². The van der Waals surface area contributed by atoms with Crippen LogP contribution < -0.4 is 17.0 Å². The van der Waals surface area contributed by atoms with Gasteiger partial charge >= 0.3 is 5.69 Å². The molecule has 2 heterocycles. The molecule has 94 valence electrons. The molecule has 0 spiro atoms. The van der Waals surface area contributed by atoms with Gasteiger partial charge in [0.05, 0.1) is 12.7 Å². The third-order valence-corrected chi connectivity index (χ3v) is 2.66. The van der Waals surface area contributed by atoms with Gasteiger partial charge in [0.25, 0.3) is 5.56 Å². The molecule has 0 amide bonds. The number of aliphatic hydroxyl groups excluding tert-OH is 2. The van der Waals surface area contributed by atoms with Crippen LogP contribution in [-0.4, -0.2) is 38.6 Å². The maximum Gasteiger partial charge on any atom is 0.332 e. The minimum absolute atomic E-state index is 0.0338. The topological polar surface area (TPSA) is 131 Å². The number of nitrogens with two attached hydrogens (primary N) is 1. The lowest BCUT2D eigenvalue weighted by atomic mass is 10.2. The molecule has 3 atom stereocenters. The summed E-state index contributed by atoms with van der Waals surface area (Å²) < 4.78 is 6.04. The number of hydrogen-bond donors (Lipinski definition) is 4. The predicted octanol–water partition coefficient (Wildman–Crippen LogP) is -2.24. The molecule has 1 saturated heterocycles. The van der Waals surface area contributed by atoms with Crippen molar-refractivity contribution in [1.82, 2.24) is 9.55 Å². The summed E-state index contributed by atoms with van der Waals surface area (Å²) in [5, 5.41) is 18.4. The molecule has 8 nitrogen and oxygen atoms in total. The Bertz CT molecular complexity index is 491. The van der Waals surface area contributed by atoms with Gasteiger partial charge in [-0.15, -0.1) is 0 Å². The third-order valence-electron chi connectivity index (χ3n) is 2.66. The standard InChI is InChI=1S/C9H13N3O5/c10-6-2-7(15)12(9(16)11-6)8-1-4(14)5(3-13)17-8/h2,4-5,8,13-14H,1,3,10H2,(H,11,16)/t4-,5+,8+/m0/s1. The maximum absolute atomic E-state index is 11.6. The number of nitrogens with zero attached hydrogens (tertiary/aromatic N) is 1. The number of anilines is 1. The van der Waals surface area contributed by atoms with Gasteiger partial charge in [-0.3, -0.25) is 9.78 Å². The van der Waals surface area contributed by atoms with Crippen molar-refractivity contribution in [2.45, 2.75) is 24.9 Å². The third kappa shape index (κ3) is 2.09. The highest BCUT2D eigenvalue weighted by atomic mass is 16.5. The summed E-state index contributed by atoms with van der Waals surface area (Å²) in [5.41, 5.74) is 4.00. The summed E-state index contributed by atoms with van der Waals surface area (Å²) in [6.07, 6.45) is -2.52. The number of nitrogens with one attached hydrogen (secondary N) is 1. The molecular weight excluding hydrogens is 230 g/mol. The van der Waals surface area contributed by atoms with Crippen LogP contribution in [0.5, 0.6) is 0 Å². The zero-order valence-corrected chi connectivity index (χ0v) is 8.87. The predicted molar refractivity (Wildman–Crippen MR) is 57.4 cm³/mol. The van der Waals surface area contributed by atoms with E-state index in [1.807, 2.05) is 0 Å². The van der Waals surface area contributed by atoms with Gasteiger partial charge in [0.15, 0.2) is 0 Å². The van der Waals surface area contributed by atoms with Gasteiger partial charge in [-0.25, -0.2) is 9.36 Å². The average Bonchev–Trinajstić information content (AvgIpc) is 2.57. The summed E-state index contributed by atoms with van der Waals surface area (Å²) in [7, 11) is 0. The summed E-state index contributed by atoms with van der Waals surface area (Å²) in [4.78, 5) is 25.4. The van der Waals surface area contributed by atoms with E-state index in [-0.39, 0.29) is 18.8 Å².